The van der Waals surface area contributed by atoms with Gasteiger partial charge < -0.3 is 5.32 Å². The lowest BCUT2D eigenvalue weighted by molar-refractivity contribution is 1.36. The van der Waals surface area contributed by atoms with Crippen molar-refractivity contribution >= 4 is 44.9 Å². The third-order valence-corrected chi connectivity index (χ3v) is 3.87. The van der Waals surface area contributed by atoms with Gasteiger partial charge in [-0.15, -0.1) is 0 Å². The van der Waals surface area contributed by atoms with Crippen molar-refractivity contribution in [3.05, 3.63) is 71.9 Å². The molecule has 0 aliphatic heterocycles. The Morgan fingerprint density at radius 2 is 1.59 bits per heavy atom. The number of rotatable bonds is 2. The smallest absolute Gasteiger partial charge is 0.131 e. The Kier molecular flexibility index (Phi) is 3.13. The summed E-state index contributed by atoms with van der Waals surface area (Å²) in [6, 6.07) is 19.9. The van der Waals surface area contributed by atoms with Crippen molar-refractivity contribution in [2.24, 2.45) is 0 Å². The van der Waals surface area contributed by atoms with E-state index in [-0.39, 0.29) is 0 Å². The molecule has 106 valence electrons. The highest BCUT2D eigenvalue weighted by atomic mass is 35.5. The Morgan fingerprint density at radius 1 is 0.818 bits per heavy atom. The highest BCUT2D eigenvalue weighted by molar-refractivity contribution is 6.34. The molecule has 0 saturated heterocycles. The Morgan fingerprint density at radius 3 is 2.50 bits per heavy atom. The van der Waals surface area contributed by atoms with Crippen molar-refractivity contribution in [3.8, 4) is 0 Å². The molecule has 0 radical (unpaired) electrons. The summed E-state index contributed by atoms with van der Waals surface area (Å²) in [6.45, 7) is 0. The second-order valence-electron chi connectivity index (χ2n) is 5.01. The molecule has 4 rings (SSSR count). The van der Waals surface area contributed by atoms with Gasteiger partial charge in [-0.25, -0.2) is 4.98 Å². The number of pyridine rings is 2. The predicted octanol–water partition coefficient (Wildman–Crippen LogP) is 5.18. The number of fused-ring (bicyclic) bond motifs is 2. The summed E-state index contributed by atoms with van der Waals surface area (Å²) in [5, 5.41) is 5.99. The fourth-order valence-electron chi connectivity index (χ4n) is 2.51. The van der Waals surface area contributed by atoms with Crippen LogP contribution in [-0.2, 0) is 0 Å². The third kappa shape index (κ3) is 2.26. The van der Waals surface area contributed by atoms with Crippen LogP contribution in [-0.4, -0.2) is 9.97 Å². The van der Waals surface area contributed by atoms with E-state index in [0.717, 1.165) is 33.3 Å². The number of halogens is 1. The minimum atomic E-state index is 0.577. The Balaban J connectivity index is 1.83. The number of aromatic nitrogens is 2. The molecule has 22 heavy (non-hydrogen) atoms. The zero-order valence-electron chi connectivity index (χ0n) is 11.6. The first-order chi connectivity index (χ1) is 10.8. The Bertz CT molecular complexity index is 982. The molecule has 0 bridgehead atoms. The molecule has 2 aromatic heterocycles. The van der Waals surface area contributed by atoms with Crippen molar-refractivity contribution in [2.45, 2.75) is 0 Å². The Labute approximate surface area is 132 Å². The summed E-state index contributed by atoms with van der Waals surface area (Å²) in [4.78, 5) is 8.97. The molecule has 0 aliphatic rings. The lowest BCUT2D eigenvalue weighted by Gasteiger charge is -2.11. The van der Waals surface area contributed by atoms with Crippen molar-refractivity contribution in [1.82, 2.24) is 9.97 Å². The average molecular weight is 306 g/mol. The molecular weight excluding hydrogens is 294 g/mol. The average Bonchev–Trinajstić information content (AvgIpc) is 2.57. The summed E-state index contributed by atoms with van der Waals surface area (Å²) in [5.74, 6) is 0.761. The summed E-state index contributed by atoms with van der Waals surface area (Å²) >= 11 is 6.32. The SMILES string of the molecule is Clc1cnc2ccccc2c1Nc1ccc2ccccc2n1. The van der Waals surface area contributed by atoms with Gasteiger partial charge >= 0.3 is 0 Å². The number of hydrogen-bond donors (Lipinski definition) is 1. The molecule has 0 unspecified atom stereocenters. The zero-order chi connectivity index (χ0) is 14.9. The van der Waals surface area contributed by atoms with Crippen molar-refractivity contribution in [1.29, 1.82) is 0 Å². The molecule has 2 aromatic carbocycles. The van der Waals surface area contributed by atoms with Gasteiger partial charge in [0.05, 0.1) is 21.7 Å². The highest BCUT2D eigenvalue weighted by Crippen LogP contribution is 2.31. The highest BCUT2D eigenvalue weighted by Gasteiger charge is 2.08. The van der Waals surface area contributed by atoms with Crippen LogP contribution in [0, 0.1) is 0 Å². The van der Waals surface area contributed by atoms with Crippen LogP contribution in [0.5, 0.6) is 0 Å². The van der Waals surface area contributed by atoms with Gasteiger partial charge in [0.15, 0.2) is 0 Å². The monoisotopic (exact) mass is 305 g/mol. The molecule has 4 heteroatoms. The number of nitrogens with zero attached hydrogens (tertiary/aromatic N) is 2. The van der Waals surface area contributed by atoms with E-state index in [1.165, 1.54) is 0 Å². The molecule has 0 aliphatic carbocycles. The number of benzene rings is 2. The van der Waals surface area contributed by atoms with E-state index in [4.69, 9.17) is 11.6 Å². The molecular formula is C18H12ClN3. The molecule has 4 aromatic rings. The van der Waals surface area contributed by atoms with E-state index < -0.39 is 0 Å². The largest absolute Gasteiger partial charge is 0.338 e. The molecule has 0 saturated carbocycles. The maximum Gasteiger partial charge on any atom is 0.131 e. The van der Waals surface area contributed by atoms with E-state index >= 15 is 0 Å². The van der Waals surface area contributed by atoms with Gasteiger partial charge in [-0.1, -0.05) is 48.0 Å². The first-order valence-corrected chi connectivity index (χ1v) is 7.35. The van der Waals surface area contributed by atoms with Crippen molar-refractivity contribution in [3.63, 3.8) is 0 Å². The van der Waals surface area contributed by atoms with E-state index in [0.29, 0.717) is 5.02 Å². The normalized spacial score (nSPS) is 11.0. The summed E-state index contributed by atoms with van der Waals surface area (Å²) in [7, 11) is 0. The fraction of sp³-hybridized carbons (Fsp3) is 0. The summed E-state index contributed by atoms with van der Waals surface area (Å²) < 4.78 is 0. The van der Waals surface area contributed by atoms with Gasteiger partial charge in [0.1, 0.15) is 5.82 Å². The van der Waals surface area contributed by atoms with Crippen molar-refractivity contribution < 1.29 is 0 Å². The Hall–Kier alpha value is -2.65. The van der Waals surface area contributed by atoms with Crippen LogP contribution in [0.1, 0.15) is 0 Å². The first kappa shape index (κ1) is 13.0. The molecule has 0 amide bonds. The van der Waals surface area contributed by atoms with Crippen LogP contribution >= 0.6 is 11.6 Å². The number of para-hydroxylation sites is 2. The maximum absolute atomic E-state index is 6.32. The molecule has 0 atom stereocenters. The van der Waals surface area contributed by atoms with E-state index in [1.54, 1.807) is 6.20 Å². The lowest BCUT2D eigenvalue weighted by Crippen LogP contribution is -1.96. The molecule has 1 N–H and O–H groups in total. The van der Waals surface area contributed by atoms with Crippen LogP contribution in [0.15, 0.2) is 66.9 Å². The quantitative estimate of drug-likeness (QED) is 0.554. The van der Waals surface area contributed by atoms with Gasteiger partial charge in [0.25, 0.3) is 0 Å². The number of hydrogen-bond acceptors (Lipinski definition) is 3. The van der Waals surface area contributed by atoms with Gasteiger partial charge in [-0.3, -0.25) is 4.98 Å². The fourth-order valence-corrected chi connectivity index (χ4v) is 2.71. The zero-order valence-corrected chi connectivity index (χ0v) is 12.4. The molecule has 3 nitrogen and oxygen atoms in total. The topological polar surface area (TPSA) is 37.8 Å². The third-order valence-electron chi connectivity index (χ3n) is 3.58. The predicted molar refractivity (Wildman–Crippen MR) is 91.8 cm³/mol. The van der Waals surface area contributed by atoms with E-state index in [1.807, 2.05) is 60.7 Å². The second-order valence-corrected chi connectivity index (χ2v) is 5.42. The first-order valence-electron chi connectivity index (χ1n) is 6.97. The van der Waals surface area contributed by atoms with Crippen LogP contribution in [0.25, 0.3) is 21.8 Å². The number of nitrogens with one attached hydrogen (secondary N) is 1. The van der Waals surface area contributed by atoms with Gasteiger partial charge in [0.2, 0.25) is 0 Å². The molecule has 2 heterocycles. The molecule has 0 spiro atoms. The van der Waals surface area contributed by atoms with E-state index in [9.17, 15) is 0 Å². The maximum atomic E-state index is 6.32. The van der Waals surface area contributed by atoms with Crippen molar-refractivity contribution in [2.75, 3.05) is 5.32 Å². The second kappa shape index (κ2) is 5.28. The summed E-state index contributed by atoms with van der Waals surface area (Å²) in [6.07, 6.45) is 1.66. The molecule has 0 fully saturated rings. The van der Waals surface area contributed by atoms with Crippen LogP contribution in [0.4, 0.5) is 11.5 Å². The van der Waals surface area contributed by atoms with Crippen LogP contribution < -0.4 is 5.32 Å². The summed E-state index contributed by atoms with van der Waals surface area (Å²) in [5.41, 5.74) is 2.67. The minimum absolute atomic E-state index is 0.577. The standard InChI is InChI=1S/C18H12ClN3/c19-14-11-20-16-8-4-2-6-13(16)18(14)22-17-10-9-12-5-1-3-7-15(12)21-17/h1-11H,(H,20,21,22). The van der Waals surface area contributed by atoms with Gasteiger partial charge in [0, 0.05) is 17.0 Å². The van der Waals surface area contributed by atoms with Gasteiger partial charge in [-0.2, -0.15) is 0 Å². The van der Waals surface area contributed by atoms with Crippen LogP contribution in [0.2, 0.25) is 5.02 Å². The number of anilines is 2. The van der Waals surface area contributed by atoms with E-state index in [2.05, 4.69) is 15.3 Å². The van der Waals surface area contributed by atoms with Gasteiger partial charge in [-0.05, 0) is 24.3 Å². The lowest BCUT2D eigenvalue weighted by atomic mass is 10.2. The van der Waals surface area contributed by atoms with Crippen LogP contribution in [0.3, 0.4) is 0 Å². The minimum Gasteiger partial charge on any atom is -0.338 e.